The van der Waals surface area contributed by atoms with Gasteiger partial charge in [-0.15, -0.1) is 0 Å². The SMILES string of the molecule is O=C(Nc1ccc2c(c1)C(=O)N1CCCC1C(=O)N2)c1ccncc1. The number of hydrogen-bond acceptors (Lipinski definition) is 4. The van der Waals surface area contributed by atoms with Crippen LogP contribution in [0.5, 0.6) is 0 Å². The van der Waals surface area contributed by atoms with Crippen LogP contribution in [0.15, 0.2) is 42.7 Å². The third-order valence-corrected chi connectivity index (χ3v) is 4.52. The van der Waals surface area contributed by atoms with Gasteiger partial charge in [0.2, 0.25) is 5.91 Å². The Morgan fingerprint density at radius 2 is 2.00 bits per heavy atom. The molecule has 25 heavy (non-hydrogen) atoms. The summed E-state index contributed by atoms with van der Waals surface area (Å²) in [6.07, 6.45) is 4.58. The number of amides is 3. The minimum Gasteiger partial charge on any atom is -0.327 e. The second-order valence-electron chi connectivity index (χ2n) is 6.10. The van der Waals surface area contributed by atoms with Crippen molar-refractivity contribution in [1.29, 1.82) is 0 Å². The summed E-state index contributed by atoms with van der Waals surface area (Å²) in [6, 6.07) is 7.74. The highest BCUT2D eigenvalue weighted by Crippen LogP contribution is 2.30. The van der Waals surface area contributed by atoms with Crippen molar-refractivity contribution in [3.05, 3.63) is 53.9 Å². The van der Waals surface area contributed by atoms with Crippen LogP contribution in [0, 0.1) is 0 Å². The number of rotatable bonds is 2. The molecule has 1 saturated heterocycles. The van der Waals surface area contributed by atoms with Gasteiger partial charge in [-0.05, 0) is 43.2 Å². The first-order valence-electron chi connectivity index (χ1n) is 8.11. The molecule has 2 aromatic rings. The number of anilines is 2. The van der Waals surface area contributed by atoms with E-state index in [0.717, 1.165) is 6.42 Å². The maximum absolute atomic E-state index is 12.8. The molecule has 1 unspecified atom stereocenters. The van der Waals surface area contributed by atoms with Gasteiger partial charge < -0.3 is 15.5 Å². The first-order chi connectivity index (χ1) is 12.1. The van der Waals surface area contributed by atoms with Crippen LogP contribution in [-0.4, -0.2) is 40.2 Å². The zero-order valence-electron chi connectivity index (χ0n) is 13.4. The maximum Gasteiger partial charge on any atom is 0.256 e. The number of hydrogen-bond donors (Lipinski definition) is 2. The van der Waals surface area contributed by atoms with Gasteiger partial charge in [-0.25, -0.2) is 0 Å². The number of benzene rings is 1. The van der Waals surface area contributed by atoms with Crippen molar-refractivity contribution in [3.8, 4) is 0 Å². The van der Waals surface area contributed by atoms with Gasteiger partial charge in [0.1, 0.15) is 6.04 Å². The van der Waals surface area contributed by atoms with Crippen LogP contribution in [0.1, 0.15) is 33.6 Å². The Morgan fingerprint density at radius 3 is 2.80 bits per heavy atom. The fraction of sp³-hybridized carbons (Fsp3) is 0.222. The Balaban J connectivity index is 1.64. The van der Waals surface area contributed by atoms with E-state index >= 15 is 0 Å². The topological polar surface area (TPSA) is 91.4 Å². The van der Waals surface area contributed by atoms with Gasteiger partial charge in [0.25, 0.3) is 11.8 Å². The molecule has 7 nitrogen and oxygen atoms in total. The number of nitrogens with zero attached hydrogens (tertiary/aromatic N) is 2. The molecule has 2 N–H and O–H groups in total. The standard InChI is InChI=1S/C18H16N4O3/c23-16(11-5-7-19-8-6-11)20-12-3-4-14-13(10-12)18(25)22-9-1-2-15(22)17(24)21-14/h3-8,10,15H,1-2,9H2,(H,20,23)(H,21,24). The lowest BCUT2D eigenvalue weighted by Crippen LogP contribution is -2.40. The Bertz CT molecular complexity index is 866. The molecule has 1 aromatic carbocycles. The Hall–Kier alpha value is -3.22. The predicted octanol–water partition coefficient (Wildman–Crippen LogP) is 1.89. The Kier molecular flexibility index (Phi) is 3.68. The van der Waals surface area contributed by atoms with Crippen molar-refractivity contribution < 1.29 is 14.4 Å². The van der Waals surface area contributed by atoms with E-state index in [2.05, 4.69) is 15.6 Å². The minimum absolute atomic E-state index is 0.154. The fourth-order valence-electron chi connectivity index (χ4n) is 3.27. The van der Waals surface area contributed by atoms with Gasteiger partial charge in [0.15, 0.2) is 0 Å². The van der Waals surface area contributed by atoms with Gasteiger partial charge in [-0.3, -0.25) is 19.4 Å². The van der Waals surface area contributed by atoms with E-state index in [1.165, 1.54) is 0 Å². The predicted molar refractivity (Wildman–Crippen MR) is 91.3 cm³/mol. The van der Waals surface area contributed by atoms with Crippen LogP contribution < -0.4 is 10.6 Å². The molecule has 126 valence electrons. The maximum atomic E-state index is 12.8. The van der Waals surface area contributed by atoms with Crippen molar-refractivity contribution in [2.45, 2.75) is 18.9 Å². The highest BCUT2D eigenvalue weighted by Gasteiger charge is 2.38. The van der Waals surface area contributed by atoms with Crippen LogP contribution in [0.2, 0.25) is 0 Å². The second kappa shape index (κ2) is 6.01. The number of pyridine rings is 1. The summed E-state index contributed by atoms with van der Waals surface area (Å²) in [4.78, 5) is 42.8. The van der Waals surface area contributed by atoms with Crippen LogP contribution in [0.3, 0.4) is 0 Å². The Morgan fingerprint density at radius 1 is 1.20 bits per heavy atom. The molecular weight excluding hydrogens is 320 g/mol. The average Bonchev–Trinajstić information content (AvgIpc) is 3.09. The van der Waals surface area contributed by atoms with Gasteiger partial charge >= 0.3 is 0 Å². The second-order valence-corrected chi connectivity index (χ2v) is 6.10. The summed E-state index contributed by atoms with van der Waals surface area (Å²) in [7, 11) is 0. The minimum atomic E-state index is -0.408. The van der Waals surface area contributed by atoms with Crippen molar-refractivity contribution >= 4 is 29.1 Å². The molecule has 7 heteroatoms. The molecule has 2 aliphatic heterocycles. The summed E-state index contributed by atoms with van der Waals surface area (Å²) < 4.78 is 0. The number of nitrogens with one attached hydrogen (secondary N) is 2. The molecule has 0 bridgehead atoms. The smallest absolute Gasteiger partial charge is 0.256 e. The van der Waals surface area contributed by atoms with Gasteiger partial charge in [0, 0.05) is 30.2 Å². The van der Waals surface area contributed by atoms with Crippen LogP contribution in [0.25, 0.3) is 0 Å². The third-order valence-electron chi connectivity index (χ3n) is 4.52. The van der Waals surface area contributed by atoms with E-state index < -0.39 is 6.04 Å². The first kappa shape index (κ1) is 15.3. The molecule has 0 radical (unpaired) electrons. The molecule has 3 heterocycles. The highest BCUT2D eigenvalue weighted by atomic mass is 16.2. The fourth-order valence-corrected chi connectivity index (χ4v) is 3.27. The zero-order chi connectivity index (χ0) is 17.4. The number of carbonyl (C=O) groups is 3. The molecule has 1 atom stereocenters. The molecular formula is C18H16N4O3. The van der Waals surface area contributed by atoms with Gasteiger partial charge in [-0.1, -0.05) is 0 Å². The summed E-state index contributed by atoms with van der Waals surface area (Å²) in [5, 5.41) is 5.58. The van der Waals surface area contributed by atoms with Crippen molar-refractivity contribution in [1.82, 2.24) is 9.88 Å². The Labute approximate surface area is 144 Å². The molecule has 3 amide bonds. The molecule has 2 aliphatic rings. The normalized spacial score (nSPS) is 18.9. The van der Waals surface area contributed by atoms with Crippen molar-refractivity contribution in [2.24, 2.45) is 0 Å². The third kappa shape index (κ3) is 2.73. The van der Waals surface area contributed by atoms with E-state index in [9.17, 15) is 14.4 Å². The van der Waals surface area contributed by atoms with E-state index in [1.54, 1.807) is 47.6 Å². The van der Waals surface area contributed by atoms with Crippen LogP contribution >= 0.6 is 0 Å². The lowest BCUT2D eigenvalue weighted by atomic mass is 10.1. The number of fused-ring (bicyclic) bond motifs is 2. The van der Waals surface area contributed by atoms with E-state index in [-0.39, 0.29) is 17.7 Å². The largest absolute Gasteiger partial charge is 0.327 e. The lowest BCUT2D eigenvalue weighted by Gasteiger charge is -2.20. The summed E-state index contributed by atoms with van der Waals surface area (Å²) >= 11 is 0. The van der Waals surface area contributed by atoms with E-state index in [1.807, 2.05) is 0 Å². The monoisotopic (exact) mass is 336 g/mol. The lowest BCUT2D eigenvalue weighted by molar-refractivity contribution is -0.119. The zero-order valence-corrected chi connectivity index (χ0v) is 13.4. The average molecular weight is 336 g/mol. The first-order valence-corrected chi connectivity index (χ1v) is 8.11. The van der Waals surface area contributed by atoms with Gasteiger partial charge in [0.05, 0.1) is 11.3 Å². The number of aromatic nitrogens is 1. The summed E-state index contributed by atoms with van der Waals surface area (Å²) in [6.45, 7) is 0.573. The summed E-state index contributed by atoms with van der Waals surface area (Å²) in [5.74, 6) is -0.625. The molecule has 1 aromatic heterocycles. The van der Waals surface area contributed by atoms with Crippen LogP contribution in [-0.2, 0) is 4.79 Å². The van der Waals surface area contributed by atoms with Crippen molar-refractivity contribution in [3.63, 3.8) is 0 Å². The van der Waals surface area contributed by atoms with E-state index in [0.29, 0.717) is 35.5 Å². The number of carbonyl (C=O) groups excluding carboxylic acids is 3. The van der Waals surface area contributed by atoms with E-state index in [4.69, 9.17) is 0 Å². The van der Waals surface area contributed by atoms with Gasteiger partial charge in [-0.2, -0.15) is 0 Å². The molecule has 0 spiro atoms. The molecule has 4 rings (SSSR count). The van der Waals surface area contributed by atoms with Crippen molar-refractivity contribution in [2.75, 3.05) is 17.2 Å². The molecule has 0 saturated carbocycles. The molecule has 1 fully saturated rings. The highest BCUT2D eigenvalue weighted by molar-refractivity contribution is 6.11. The summed E-state index contributed by atoms with van der Waals surface area (Å²) in [5.41, 5.74) is 1.85. The molecule has 0 aliphatic carbocycles. The van der Waals surface area contributed by atoms with Crippen LogP contribution in [0.4, 0.5) is 11.4 Å². The quantitative estimate of drug-likeness (QED) is 0.876.